The van der Waals surface area contributed by atoms with Crippen LogP contribution < -0.4 is 11.3 Å². The zero-order valence-corrected chi connectivity index (χ0v) is 21.0. The molecule has 2 N–H and O–H groups in total. The van der Waals surface area contributed by atoms with Gasteiger partial charge in [-0.15, -0.1) is 0 Å². The van der Waals surface area contributed by atoms with Gasteiger partial charge in [0.05, 0.1) is 0 Å². The lowest BCUT2D eigenvalue weighted by molar-refractivity contribution is 0.513. The van der Waals surface area contributed by atoms with Crippen molar-refractivity contribution in [2.45, 2.75) is 6.42 Å². The molecule has 0 fully saturated rings. The van der Waals surface area contributed by atoms with Crippen LogP contribution in [0.25, 0.3) is 67.3 Å². The summed E-state index contributed by atoms with van der Waals surface area (Å²) in [5.41, 5.74) is 3.50. The second kappa shape index (κ2) is 8.74. The predicted octanol–water partition coefficient (Wildman–Crippen LogP) is 4.16. The van der Waals surface area contributed by atoms with Crippen LogP contribution in [-0.4, -0.2) is 39.9 Å². The quantitative estimate of drug-likeness (QED) is 0.330. The summed E-state index contributed by atoms with van der Waals surface area (Å²) < 4.78 is 11.3. The molecule has 0 aliphatic rings. The Morgan fingerprint density at radius 1 is 0.585 bits per heavy atom. The number of aromatic amines is 2. The van der Waals surface area contributed by atoms with E-state index in [9.17, 15) is 9.59 Å². The van der Waals surface area contributed by atoms with Gasteiger partial charge in [0.1, 0.15) is 11.4 Å². The fourth-order valence-corrected chi connectivity index (χ4v) is 5.15. The second-order valence-corrected chi connectivity index (χ2v) is 9.30. The maximum atomic E-state index is 12.8. The molecule has 0 unspecified atom stereocenters. The summed E-state index contributed by atoms with van der Waals surface area (Å²) >= 11 is 0. The van der Waals surface area contributed by atoms with Gasteiger partial charge < -0.3 is 18.8 Å². The van der Waals surface area contributed by atoms with Crippen LogP contribution in [0.4, 0.5) is 0 Å². The van der Waals surface area contributed by atoms with E-state index in [1.54, 1.807) is 0 Å². The average Bonchev–Trinajstić information content (AvgIpc) is 3.56. The fraction of sp³-hybridized carbons (Fsp3) is 0.0345. The molecule has 6 heterocycles. The molecule has 0 bridgehead atoms. The fourth-order valence-electron chi connectivity index (χ4n) is 5.15. The highest BCUT2D eigenvalue weighted by molar-refractivity contribution is 5.94. The van der Waals surface area contributed by atoms with E-state index in [1.165, 1.54) is 24.8 Å². The molecule has 41 heavy (non-hydrogen) atoms. The molecule has 2 aromatic carbocycles. The molecule has 0 aliphatic heterocycles. The van der Waals surface area contributed by atoms with Gasteiger partial charge >= 0.3 is 11.3 Å². The summed E-state index contributed by atoms with van der Waals surface area (Å²) in [6.07, 6.45) is 6.11. The lowest BCUT2D eigenvalue weighted by Gasteiger charge is -2.07. The van der Waals surface area contributed by atoms with Gasteiger partial charge in [0.25, 0.3) is 0 Å². The summed E-state index contributed by atoms with van der Waals surface area (Å²) in [6.45, 7) is 0. The van der Waals surface area contributed by atoms with Gasteiger partial charge in [-0.2, -0.15) is 9.97 Å². The van der Waals surface area contributed by atoms with Crippen LogP contribution in [0.3, 0.4) is 0 Å². The van der Waals surface area contributed by atoms with E-state index in [0.717, 1.165) is 32.9 Å². The molecule has 12 nitrogen and oxygen atoms in total. The minimum atomic E-state index is -0.640. The highest BCUT2D eigenvalue weighted by Gasteiger charge is 2.24. The number of benzene rings is 2. The van der Waals surface area contributed by atoms with Crippen LogP contribution in [0.5, 0.6) is 0 Å². The minimum absolute atomic E-state index is 0.0494. The SMILES string of the molecule is O=c1oc(-c2[nH]c3ccccc3c2Cc2c(-c3nc4nccnc4c(=O)o3)[nH]c3ccccc23)nc2nccnc12. The molecule has 0 spiro atoms. The normalized spacial score (nSPS) is 11.7. The van der Waals surface area contributed by atoms with Gasteiger partial charge in [-0.1, -0.05) is 36.4 Å². The molecule has 0 aliphatic carbocycles. The van der Waals surface area contributed by atoms with Crippen LogP contribution in [0.2, 0.25) is 0 Å². The van der Waals surface area contributed by atoms with Crippen LogP contribution in [0.15, 0.2) is 91.7 Å². The maximum Gasteiger partial charge on any atom is 0.367 e. The molecule has 6 aromatic heterocycles. The van der Waals surface area contributed by atoms with Crippen LogP contribution in [0, 0.1) is 0 Å². The Balaban J connectivity index is 1.38. The Hall–Kier alpha value is -6.04. The van der Waals surface area contributed by atoms with E-state index in [0.29, 0.717) is 17.8 Å². The third-order valence-corrected chi connectivity index (χ3v) is 6.95. The van der Waals surface area contributed by atoms with Crippen molar-refractivity contribution in [1.82, 2.24) is 39.9 Å². The average molecular weight is 540 g/mol. The number of hydrogen-bond acceptors (Lipinski definition) is 10. The van der Waals surface area contributed by atoms with Crippen molar-refractivity contribution in [1.29, 1.82) is 0 Å². The molecular formula is C29H16N8O4. The van der Waals surface area contributed by atoms with E-state index in [1.807, 2.05) is 48.5 Å². The standard InChI is InChI=1S/C29H16N8O4/c38-28-22-24(32-11-9-30-22)36-26(40-28)20-16(14-5-1-3-7-18(14)34-20)13-17-15-6-2-4-8-19(15)35-21(17)27-37-25-23(29(39)41-27)31-10-12-33-25/h1-12,34-35H,13H2. The highest BCUT2D eigenvalue weighted by Crippen LogP contribution is 2.36. The van der Waals surface area contributed by atoms with E-state index in [2.05, 4.69) is 39.9 Å². The zero-order valence-electron chi connectivity index (χ0n) is 21.0. The monoisotopic (exact) mass is 540 g/mol. The summed E-state index contributed by atoms with van der Waals surface area (Å²) in [7, 11) is 0. The third-order valence-electron chi connectivity index (χ3n) is 6.95. The zero-order chi connectivity index (χ0) is 27.5. The number of H-pyrrole nitrogens is 2. The molecule has 0 amide bonds. The molecule has 8 rings (SSSR count). The number of hydrogen-bond donors (Lipinski definition) is 2. The highest BCUT2D eigenvalue weighted by atomic mass is 16.4. The van der Waals surface area contributed by atoms with Crippen molar-refractivity contribution in [3.8, 4) is 23.2 Å². The van der Waals surface area contributed by atoms with Crippen molar-refractivity contribution in [2.24, 2.45) is 0 Å². The number of rotatable bonds is 4. The third kappa shape index (κ3) is 3.61. The molecule has 0 atom stereocenters. The molecule has 0 radical (unpaired) electrons. The Labute approximate surface area is 227 Å². The number of para-hydroxylation sites is 2. The van der Waals surface area contributed by atoms with Gasteiger partial charge in [-0.3, -0.25) is 0 Å². The smallest absolute Gasteiger partial charge is 0.367 e. The number of nitrogens with one attached hydrogen (secondary N) is 2. The first-order valence-corrected chi connectivity index (χ1v) is 12.6. The minimum Gasteiger partial charge on any atom is -0.400 e. The molecule has 8 aromatic rings. The largest absolute Gasteiger partial charge is 0.400 e. The van der Waals surface area contributed by atoms with Gasteiger partial charge in [0.15, 0.2) is 22.3 Å². The first-order chi connectivity index (χ1) is 20.1. The molecule has 0 saturated carbocycles. The molecule has 196 valence electrons. The Morgan fingerprint density at radius 2 is 1.02 bits per heavy atom. The van der Waals surface area contributed by atoms with Gasteiger partial charge in [0, 0.05) is 53.0 Å². The first kappa shape index (κ1) is 22.9. The van der Waals surface area contributed by atoms with Crippen LogP contribution in [0.1, 0.15) is 11.1 Å². The number of nitrogens with zero attached hydrogens (tertiary/aromatic N) is 6. The predicted molar refractivity (Wildman–Crippen MR) is 149 cm³/mol. The van der Waals surface area contributed by atoms with Crippen molar-refractivity contribution in [3.05, 3.63) is 105 Å². The summed E-state index contributed by atoms with van der Waals surface area (Å²) in [5.74, 6) is 0.169. The maximum absolute atomic E-state index is 12.8. The van der Waals surface area contributed by atoms with Crippen molar-refractivity contribution < 1.29 is 8.83 Å². The lowest BCUT2D eigenvalue weighted by Crippen LogP contribution is -2.07. The number of fused-ring (bicyclic) bond motifs is 4. The van der Waals surface area contributed by atoms with E-state index in [4.69, 9.17) is 8.83 Å². The van der Waals surface area contributed by atoms with Crippen LogP contribution in [-0.2, 0) is 6.42 Å². The molecule has 0 saturated heterocycles. The summed E-state index contributed by atoms with van der Waals surface area (Å²) in [4.78, 5) is 57.8. The number of aromatic nitrogens is 8. The Morgan fingerprint density at radius 3 is 1.51 bits per heavy atom. The van der Waals surface area contributed by atoms with Crippen molar-refractivity contribution in [2.75, 3.05) is 0 Å². The first-order valence-electron chi connectivity index (χ1n) is 12.6. The second-order valence-electron chi connectivity index (χ2n) is 9.30. The van der Waals surface area contributed by atoms with Crippen molar-refractivity contribution >= 4 is 44.1 Å². The van der Waals surface area contributed by atoms with Crippen LogP contribution >= 0.6 is 0 Å². The van der Waals surface area contributed by atoms with Gasteiger partial charge in [-0.05, 0) is 23.3 Å². The van der Waals surface area contributed by atoms with Gasteiger partial charge in [-0.25, -0.2) is 29.5 Å². The topological polar surface area (TPSA) is 169 Å². The molecule has 12 heteroatoms. The van der Waals surface area contributed by atoms with Gasteiger partial charge in [0.2, 0.25) is 11.8 Å². The van der Waals surface area contributed by atoms with E-state index < -0.39 is 11.3 Å². The van der Waals surface area contributed by atoms with E-state index >= 15 is 0 Å². The Kier molecular flexibility index (Phi) is 4.88. The van der Waals surface area contributed by atoms with Crippen molar-refractivity contribution in [3.63, 3.8) is 0 Å². The summed E-state index contributed by atoms with van der Waals surface area (Å²) in [5, 5.41) is 1.81. The Bertz CT molecular complexity index is 2250. The summed E-state index contributed by atoms with van der Waals surface area (Å²) in [6, 6.07) is 15.5. The lowest BCUT2D eigenvalue weighted by atomic mass is 9.98. The molecular weight excluding hydrogens is 524 g/mol. The van der Waals surface area contributed by atoms with E-state index in [-0.39, 0.29) is 34.1 Å².